The maximum atomic E-state index is 5.66. The highest BCUT2D eigenvalue weighted by atomic mass is 79.9. The van der Waals surface area contributed by atoms with Crippen molar-refractivity contribution in [3.05, 3.63) is 65.0 Å². The van der Waals surface area contributed by atoms with E-state index in [-0.39, 0.29) is 0 Å². The quantitative estimate of drug-likeness (QED) is 0.428. The molecule has 0 atom stereocenters. The predicted octanol–water partition coefficient (Wildman–Crippen LogP) is 5.41. The summed E-state index contributed by atoms with van der Waals surface area (Å²) in [6.45, 7) is 1.04. The summed E-state index contributed by atoms with van der Waals surface area (Å²) >= 11 is 3.85. The van der Waals surface area contributed by atoms with Gasteiger partial charge in [0.15, 0.2) is 17.1 Å². The number of nitrogens with zero attached hydrogens (tertiary/aromatic N) is 2. The number of benzene rings is 2. The lowest BCUT2D eigenvalue weighted by atomic mass is 10.2. The normalized spacial score (nSPS) is 14.1. The molecule has 5 rings (SSSR count). The molecule has 28 heavy (non-hydrogen) atoms. The summed E-state index contributed by atoms with van der Waals surface area (Å²) in [7, 11) is 1.74. The van der Waals surface area contributed by atoms with Crippen LogP contribution in [0.5, 0.6) is 5.75 Å². The first-order chi connectivity index (χ1) is 13.8. The third kappa shape index (κ3) is 2.76. The summed E-state index contributed by atoms with van der Waals surface area (Å²) < 4.78 is 11.6. The van der Waals surface area contributed by atoms with Crippen molar-refractivity contribution >= 4 is 26.8 Å². The summed E-state index contributed by atoms with van der Waals surface area (Å²) in [5.41, 5.74) is 4.59. The van der Waals surface area contributed by atoms with Gasteiger partial charge in [-0.05, 0) is 53.4 Å². The molecule has 2 aromatic heterocycles. The zero-order chi connectivity index (χ0) is 19.1. The zero-order valence-corrected chi connectivity index (χ0v) is 17.5. The second-order valence-corrected chi connectivity index (χ2v) is 8.09. The lowest BCUT2D eigenvalue weighted by Crippen LogP contribution is -2.38. The molecule has 5 heteroatoms. The minimum atomic E-state index is 0.896. The van der Waals surface area contributed by atoms with Gasteiger partial charge in [0.05, 0.1) is 18.1 Å². The van der Waals surface area contributed by atoms with Gasteiger partial charge in [-0.3, -0.25) is 0 Å². The van der Waals surface area contributed by atoms with Crippen molar-refractivity contribution in [3.63, 3.8) is 0 Å². The summed E-state index contributed by atoms with van der Waals surface area (Å²) in [5, 5.41) is 1.21. The Hall–Kier alpha value is -2.53. The molecule has 0 unspecified atom stereocenters. The van der Waals surface area contributed by atoms with E-state index in [1.54, 1.807) is 7.11 Å². The molecule has 4 nitrogen and oxygen atoms in total. The molecule has 0 bridgehead atoms. The highest BCUT2D eigenvalue weighted by Crippen LogP contribution is 2.35. The SMILES string of the molecule is COc1ccccc1-n1cc(-c2[nH]c3ccccc3c2Br)[n+]2c1CCCCC2. The molecule has 0 fully saturated rings. The summed E-state index contributed by atoms with van der Waals surface area (Å²) in [6.07, 6.45) is 7.01. The van der Waals surface area contributed by atoms with E-state index in [1.165, 1.54) is 36.2 Å². The smallest absolute Gasteiger partial charge is 0.262 e. The van der Waals surface area contributed by atoms with Crippen molar-refractivity contribution in [3.8, 4) is 22.8 Å². The van der Waals surface area contributed by atoms with Crippen molar-refractivity contribution < 1.29 is 9.30 Å². The van der Waals surface area contributed by atoms with Crippen LogP contribution in [-0.2, 0) is 13.0 Å². The van der Waals surface area contributed by atoms with Crippen LogP contribution in [0, 0.1) is 0 Å². The van der Waals surface area contributed by atoms with Crippen LogP contribution in [-0.4, -0.2) is 16.7 Å². The molecule has 0 aliphatic carbocycles. The number of para-hydroxylation sites is 3. The van der Waals surface area contributed by atoms with Gasteiger partial charge in [0.25, 0.3) is 5.82 Å². The van der Waals surface area contributed by atoms with Crippen molar-refractivity contribution in [2.75, 3.05) is 7.11 Å². The number of nitrogens with one attached hydrogen (secondary N) is 1. The van der Waals surface area contributed by atoms with Gasteiger partial charge in [-0.15, -0.1) is 0 Å². The molecule has 0 amide bonds. The van der Waals surface area contributed by atoms with Crippen LogP contribution in [0.15, 0.2) is 59.2 Å². The Morgan fingerprint density at radius 2 is 1.86 bits per heavy atom. The van der Waals surface area contributed by atoms with Crippen molar-refractivity contribution in [1.29, 1.82) is 0 Å². The molecule has 1 aliphatic rings. The van der Waals surface area contributed by atoms with E-state index >= 15 is 0 Å². The monoisotopic (exact) mass is 436 g/mol. The number of hydrogen-bond acceptors (Lipinski definition) is 1. The molecule has 0 spiro atoms. The number of aromatic nitrogens is 3. The van der Waals surface area contributed by atoms with Crippen LogP contribution < -0.4 is 9.30 Å². The molecule has 2 aromatic carbocycles. The van der Waals surface area contributed by atoms with E-state index in [4.69, 9.17) is 4.74 Å². The number of H-pyrrole nitrogens is 1. The van der Waals surface area contributed by atoms with Gasteiger partial charge in [-0.25, -0.2) is 4.57 Å². The third-order valence-electron chi connectivity index (χ3n) is 5.66. The topological polar surface area (TPSA) is 33.8 Å². The number of imidazole rings is 1. The molecule has 1 N–H and O–H groups in total. The number of halogens is 1. The summed E-state index contributed by atoms with van der Waals surface area (Å²) in [5.74, 6) is 2.23. The summed E-state index contributed by atoms with van der Waals surface area (Å²) in [6, 6.07) is 16.7. The number of rotatable bonds is 3. The van der Waals surface area contributed by atoms with E-state index in [0.717, 1.165) is 40.1 Å². The maximum Gasteiger partial charge on any atom is 0.262 e. The van der Waals surface area contributed by atoms with Gasteiger partial charge in [0.1, 0.15) is 11.9 Å². The molecular formula is C23H23BrN3O+. The van der Waals surface area contributed by atoms with Crippen LogP contribution in [0.2, 0.25) is 0 Å². The number of ether oxygens (including phenoxy) is 1. The largest absolute Gasteiger partial charge is 0.492 e. The van der Waals surface area contributed by atoms with Crippen molar-refractivity contribution in [2.24, 2.45) is 0 Å². The van der Waals surface area contributed by atoms with Crippen molar-refractivity contribution in [2.45, 2.75) is 32.2 Å². The first-order valence-electron chi connectivity index (χ1n) is 9.82. The van der Waals surface area contributed by atoms with Gasteiger partial charge < -0.3 is 9.72 Å². The zero-order valence-electron chi connectivity index (χ0n) is 15.9. The van der Waals surface area contributed by atoms with Gasteiger partial charge in [0, 0.05) is 17.3 Å². The molecule has 4 aromatic rings. The maximum absolute atomic E-state index is 5.66. The average Bonchev–Trinajstić information content (AvgIpc) is 3.14. The Labute approximate surface area is 172 Å². The molecular weight excluding hydrogens is 414 g/mol. The van der Waals surface area contributed by atoms with Crippen LogP contribution in [0.4, 0.5) is 0 Å². The lowest BCUT2D eigenvalue weighted by Gasteiger charge is -2.06. The molecule has 3 heterocycles. The standard InChI is InChI=1S/C23H23BrN3O/c1-28-20-12-7-6-11-18(20)27-15-19(26-14-8-2-3-13-21(26)27)23-22(24)16-9-4-5-10-17(16)25-23/h4-7,9-12,15,25H,2-3,8,13-14H2,1H3/q+1. The number of aromatic amines is 1. The minimum absolute atomic E-state index is 0.896. The molecule has 0 saturated heterocycles. The van der Waals surface area contributed by atoms with Crippen LogP contribution >= 0.6 is 15.9 Å². The number of methoxy groups -OCH3 is 1. The fraction of sp³-hybridized carbons (Fsp3) is 0.261. The van der Waals surface area contributed by atoms with E-state index in [9.17, 15) is 0 Å². The number of fused-ring (bicyclic) bond motifs is 2. The first-order valence-corrected chi connectivity index (χ1v) is 10.6. The highest BCUT2D eigenvalue weighted by Gasteiger charge is 2.30. The highest BCUT2D eigenvalue weighted by molar-refractivity contribution is 9.10. The minimum Gasteiger partial charge on any atom is -0.492 e. The fourth-order valence-corrected chi connectivity index (χ4v) is 4.94. The number of hydrogen-bond donors (Lipinski definition) is 1. The molecule has 0 radical (unpaired) electrons. The summed E-state index contributed by atoms with van der Waals surface area (Å²) in [4.78, 5) is 3.63. The predicted molar refractivity (Wildman–Crippen MR) is 115 cm³/mol. The molecule has 142 valence electrons. The van der Waals surface area contributed by atoms with Crippen LogP contribution in [0.25, 0.3) is 28.0 Å². The van der Waals surface area contributed by atoms with E-state index in [1.807, 2.05) is 12.1 Å². The van der Waals surface area contributed by atoms with E-state index in [2.05, 4.69) is 72.6 Å². The Morgan fingerprint density at radius 3 is 2.71 bits per heavy atom. The van der Waals surface area contributed by atoms with E-state index in [0.29, 0.717) is 0 Å². The average molecular weight is 437 g/mol. The molecule has 1 aliphatic heterocycles. The van der Waals surface area contributed by atoms with Crippen molar-refractivity contribution in [1.82, 2.24) is 9.55 Å². The Kier molecular flexibility index (Phi) is 4.47. The Morgan fingerprint density at radius 1 is 1.04 bits per heavy atom. The van der Waals surface area contributed by atoms with Gasteiger partial charge in [0.2, 0.25) is 0 Å². The van der Waals surface area contributed by atoms with Gasteiger partial charge >= 0.3 is 0 Å². The van der Waals surface area contributed by atoms with Gasteiger partial charge in [-0.1, -0.05) is 30.3 Å². The second-order valence-electron chi connectivity index (χ2n) is 7.29. The molecule has 0 saturated carbocycles. The first kappa shape index (κ1) is 17.6. The van der Waals surface area contributed by atoms with Crippen LogP contribution in [0.1, 0.15) is 25.1 Å². The Bertz CT molecular complexity index is 1160. The fourth-order valence-electron chi connectivity index (χ4n) is 4.29. The van der Waals surface area contributed by atoms with Gasteiger partial charge in [-0.2, -0.15) is 4.57 Å². The van der Waals surface area contributed by atoms with Crippen LogP contribution in [0.3, 0.4) is 0 Å². The lowest BCUT2D eigenvalue weighted by molar-refractivity contribution is -0.692. The second kappa shape index (κ2) is 7.13. The van der Waals surface area contributed by atoms with E-state index < -0.39 is 0 Å². The Balaban J connectivity index is 1.77. The third-order valence-corrected chi connectivity index (χ3v) is 6.48.